The van der Waals surface area contributed by atoms with Crippen molar-refractivity contribution in [2.45, 2.75) is 84.7 Å². The molecule has 29 heavy (non-hydrogen) atoms. The number of rotatable bonds is 13. The normalized spacial score (nSPS) is 14.8. The van der Waals surface area contributed by atoms with Crippen molar-refractivity contribution < 1.29 is 29.4 Å². The Kier molecular flexibility index (Phi) is 12.7. The van der Waals surface area contributed by atoms with Crippen LogP contribution >= 0.6 is 0 Å². The molecule has 0 saturated carbocycles. The Morgan fingerprint density at radius 3 is 2.21 bits per heavy atom. The summed E-state index contributed by atoms with van der Waals surface area (Å²) in [7, 11) is 0. The maximum atomic E-state index is 12.4. The van der Waals surface area contributed by atoms with Gasteiger partial charge in [-0.3, -0.25) is 14.9 Å². The van der Waals surface area contributed by atoms with E-state index in [9.17, 15) is 24.7 Å². The third-order valence-corrected chi connectivity index (χ3v) is 3.97. The maximum Gasteiger partial charge on any atom is 0.407 e. The molecule has 0 bridgehead atoms. The molecule has 10 nitrogen and oxygen atoms in total. The first kappa shape index (κ1) is 27.2. The Labute approximate surface area is 173 Å². The van der Waals surface area contributed by atoms with E-state index in [-0.39, 0.29) is 18.2 Å². The number of alkyl carbamates (subject to hydrolysis) is 1. The van der Waals surface area contributed by atoms with Crippen LogP contribution in [0.15, 0.2) is 0 Å². The molecule has 6 N–H and O–H groups in total. The van der Waals surface area contributed by atoms with Crippen molar-refractivity contribution in [3.8, 4) is 0 Å². The molecule has 0 aliphatic carbocycles. The Morgan fingerprint density at radius 1 is 1.10 bits per heavy atom. The molecule has 0 aliphatic rings. The van der Waals surface area contributed by atoms with Crippen molar-refractivity contribution >= 4 is 17.8 Å². The van der Waals surface area contributed by atoms with Crippen LogP contribution in [0.4, 0.5) is 4.79 Å². The van der Waals surface area contributed by atoms with Crippen LogP contribution < -0.4 is 21.4 Å². The zero-order valence-corrected chi connectivity index (χ0v) is 18.4. The monoisotopic (exact) mass is 418 g/mol. The fourth-order valence-electron chi connectivity index (χ4n) is 2.48. The molecule has 0 radical (unpaired) electrons. The maximum absolute atomic E-state index is 12.4. The van der Waals surface area contributed by atoms with Crippen molar-refractivity contribution in [1.29, 1.82) is 0 Å². The van der Waals surface area contributed by atoms with Gasteiger partial charge < -0.3 is 25.7 Å². The molecule has 0 saturated heterocycles. The summed E-state index contributed by atoms with van der Waals surface area (Å²) in [6, 6.07) is -1.50. The Hall–Kier alpha value is -1.75. The number of Topliss-reactive ketones (excluding diaryl/α,β-unsaturated/α-hetero) is 1. The first-order chi connectivity index (χ1) is 13.4. The van der Waals surface area contributed by atoms with E-state index in [0.29, 0.717) is 25.8 Å². The Bertz CT molecular complexity index is 521. The number of unbranched alkanes of at least 4 members (excludes halogenated alkanes) is 1. The standard InChI is InChI=1S/C19H38N4O6/c1-12(2)15(23-28)17(26)22-14(16(25)21-11-13(3)24)9-7-8-10-20-18(27)29-19(4,5)6/h12,14-16,21,23,25,28H,7-11H2,1-6H3,(H,20,27)(H,22,26)/t14?,15-,16?/m0/s1. The number of amides is 2. The predicted octanol–water partition coefficient (Wildman–Crippen LogP) is 0.667. The molecule has 0 aromatic carbocycles. The molecule has 0 fully saturated rings. The van der Waals surface area contributed by atoms with Gasteiger partial charge in [-0.2, -0.15) is 5.48 Å². The molecular weight excluding hydrogens is 380 g/mol. The van der Waals surface area contributed by atoms with Crippen molar-refractivity contribution in [2.75, 3.05) is 13.1 Å². The molecule has 0 spiro atoms. The predicted molar refractivity (Wildman–Crippen MR) is 108 cm³/mol. The van der Waals surface area contributed by atoms with Gasteiger partial charge in [-0.25, -0.2) is 4.79 Å². The van der Waals surface area contributed by atoms with Gasteiger partial charge >= 0.3 is 6.09 Å². The molecule has 170 valence electrons. The summed E-state index contributed by atoms with van der Waals surface area (Å²) in [6.07, 6.45) is -0.0214. The van der Waals surface area contributed by atoms with Crippen LogP contribution in [0, 0.1) is 5.92 Å². The van der Waals surface area contributed by atoms with E-state index in [2.05, 4.69) is 16.0 Å². The van der Waals surface area contributed by atoms with Gasteiger partial charge in [0.25, 0.3) is 0 Å². The minimum Gasteiger partial charge on any atom is -0.444 e. The van der Waals surface area contributed by atoms with Gasteiger partial charge in [0, 0.05) is 6.54 Å². The molecule has 0 aliphatic heterocycles. The van der Waals surface area contributed by atoms with Gasteiger partial charge in [0.1, 0.15) is 23.7 Å². The molecule has 3 atom stereocenters. The zero-order valence-electron chi connectivity index (χ0n) is 18.4. The quantitative estimate of drug-likeness (QED) is 0.145. The minimum atomic E-state index is -1.13. The van der Waals surface area contributed by atoms with Crippen LogP contribution in [0.1, 0.15) is 60.8 Å². The molecule has 2 unspecified atom stereocenters. The lowest BCUT2D eigenvalue weighted by molar-refractivity contribution is -0.129. The average molecular weight is 419 g/mol. The van der Waals surface area contributed by atoms with E-state index < -0.39 is 35.9 Å². The van der Waals surface area contributed by atoms with Crippen molar-refractivity contribution in [2.24, 2.45) is 5.92 Å². The lowest BCUT2D eigenvalue weighted by Crippen LogP contribution is -2.56. The first-order valence-corrected chi connectivity index (χ1v) is 9.95. The highest BCUT2D eigenvalue weighted by Crippen LogP contribution is 2.08. The fraction of sp³-hybridized carbons (Fsp3) is 0.842. The second-order valence-electron chi connectivity index (χ2n) is 8.42. The van der Waals surface area contributed by atoms with Crippen LogP contribution in [-0.4, -0.2) is 65.1 Å². The molecular formula is C19H38N4O6. The summed E-state index contributed by atoms with van der Waals surface area (Å²) < 4.78 is 5.15. The molecule has 0 heterocycles. The Morgan fingerprint density at radius 2 is 1.72 bits per heavy atom. The molecule has 0 rings (SSSR count). The van der Waals surface area contributed by atoms with Gasteiger partial charge in [-0.05, 0) is 52.9 Å². The highest BCUT2D eigenvalue weighted by atomic mass is 16.6. The highest BCUT2D eigenvalue weighted by Gasteiger charge is 2.27. The second kappa shape index (κ2) is 13.5. The number of aliphatic hydroxyl groups is 1. The summed E-state index contributed by atoms with van der Waals surface area (Å²) in [5, 5.41) is 27.5. The van der Waals surface area contributed by atoms with Crippen molar-refractivity contribution in [1.82, 2.24) is 21.4 Å². The van der Waals surface area contributed by atoms with Crippen LogP contribution in [0.25, 0.3) is 0 Å². The number of ether oxygens (including phenoxy) is 1. The molecule has 10 heteroatoms. The van der Waals surface area contributed by atoms with E-state index in [4.69, 9.17) is 4.74 Å². The summed E-state index contributed by atoms with van der Waals surface area (Å²) in [4.78, 5) is 35.1. The van der Waals surface area contributed by atoms with Gasteiger partial charge in [0.2, 0.25) is 5.91 Å². The van der Waals surface area contributed by atoms with E-state index >= 15 is 0 Å². The van der Waals surface area contributed by atoms with Crippen molar-refractivity contribution in [3.63, 3.8) is 0 Å². The highest BCUT2D eigenvalue weighted by molar-refractivity contribution is 5.82. The summed E-state index contributed by atoms with van der Waals surface area (Å²) >= 11 is 0. The largest absolute Gasteiger partial charge is 0.444 e. The summed E-state index contributed by atoms with van der Waals surface area (Å²) in [5.74, 6) is -0.767. The average Bonchev–Trinajstić information content (AvgIpc) is 2.56. The smallest absolute Gasteiger partial charge is 0.407 e. The summed E-state index contributed by atoms with van der Waals surface area (Å²) in [6.45, 7) is 10.6. The summed E-state index contributed by atoms with van der Waals surface area (Å²) in [5.41, 5.74) is 1.40. The SMILES string of the molecule is CC(=O)CNC(O)C(CCCCNC(=O)OC(C)(C)C)NC(=O)[C@@H](NO)C(C)C. The van der Waals surface area contributed by atoms with E-state index in [1.54, 1.807) is 34.6 Å². The van der Waals surface area contributed by atoms with Crippen LogP contribution in [-0.2, 0) is 14.3 Å². The number of carbonyl (C=O) groups excluding carboxylic acids is 3. The molecule has 2 amide bonds. The fourth-order valence-corrected chi connectivity index (χ4v) is 2.48. The number of hydrogen-bond acceptors (Lipinski definition) is 8. The number of hydroxylamine groups is 1. The third kappa shape index (κ3) is 13.2. The van der Waals surface area contributed by atoms with Crippen LogP contribution in [0.5, 0.6) is 0 Å². The number of hydrogen-bond donors (Lipinski definition) is 6. The van der Waals surface area contributed by atoms with Gasteiger partial charge in [0.15, 0.2) is 0 Å². The minimum absolute atomic E-state index is 0.0282. The molecule has 0 aromatic heterocycles. The third-order valence-electron chi connectivity index (χ3n) is 3.97. The number of carbonyl (C=O) groups is 3. The number of ketones is 1. The number of aliphatic hydroxyl groups excluding tert-OH is 1. The number of nitrogens with one attached hydrogen (secondary N) is 4. The Balaban J connectivity index is 4.64. The molecule has 0 aromatic rings. The second-order valence-corrected chi connectivity index (χ2v) is 8.42. The van der Waals surface area contributed by atoms with E-state index in [0.717, 1.165) is 0 Å². The van der Waals surface area contributed by atoms with E-state index in [1.807, 2.05) is 5.48 Å². The lowest BCUT2D eigenvalue weighted by atomic mass is 10.0. The van der Waals surface area contributed by atoms with Crippen molar-refractivity contribution in [3.05, 3.63) is 0 Å². The topological polar surface area (TPSA) is 149 Å². The van der Waals surface area contributed by atoms with E-state index in [1.165, 1.54) is 6.92 Å². The van der Waals surface area contributed by atoms with Crippen LogP contribution in [0.3, 0.4) is 0 Å². The van der Waals surface area contributed by atoms with Crippen LogP contribution in [0.2, 0.25) is 0 Å². The zero-order chi connectivity index (χ0) is 22.6. The van der Waals surface area contributed by atoms with Gasteiger partial charge in [-0.1, -0.05) is 13.8 Å². The lowest BCUT2D eigenvalue weighted by Gasteiger charge is -2.27. The first-order valence-electron chi connectivity index (χ1n) is 9.95. The van der Waals surface area contributed by atoms with Gasteiger partial charge in [-0.15, -0.1) is 0 Å². The van der Waals surface area contributed by atoms with Gasteiger partial charge in [0.05, 0.1) is 12.6 Å².